The fraction of sp³-hybridized carbons (Fsp3) is 0.483. The van der Waals surface area contributed by atoms with Crippen molar-refractivity contribution in [1.29, 1.82) is 0 Å². The minimum Gasteiger partial charge on any atom is -0.335 e. The van der Waals surface area contributed by atoms with E-state index in [1.54, 1.807) is 18.2 Å². The van der Waals surface area contributed by atoms with Crippen molar-refractivity contribution < 1.29 is 18.8 Å². The summed E-state index contributed by atoms with van der Waals surface area (Å²) in [5, 5.41) is 9.43. The Labute approximate surface area is 218 Å². The van der Waals surface area contributed by atoms with E-state index in [-0.39, 0.29) is 35.4 Å². The molecular weight excluding hydrogens is 471 g/mol. The number of ketones is 2. The summed E-state index contributed by atoms with van der Waals surface area (Å²) in [6, 6.07) is 11.3. The first-order valence-corrected chi connectivity index (χ1v) is 13.2. The molecule has 2 aromatic rings. The molecule has 2 aromatic carbocycles. The van der Waals surface area contributed by atoms with Gasteiger partial charge in [0.2, 0.25) is 0 Å². The Hall–Kier alpha value is -3.10. The molecule has 2 amide bonds. The van der Waals surface area contributed by atoms with E-state index in [4.69, 9.17) is 0 Å². The quantitative estimate of drug-likeness (QED) is 0.463. The summed E-state index contributed by atoms with van der Waals surface area (Å²) in [6.07, 6.45) is 4.08. The van der Waals surface area contributed by atoms with Gasteiger partial charge in [-0.25, -0.2) is 9.18 Å². The summed E-state index contributed by atoms with van der Waals surface area (Å²) in [4.78, 5) is 39.2. The molecule has 2 aliphatic rings. The van der Waals surface area contributed by atoms with E-state index < -0.39 is 0 Å². The third-order valence-electron chi connectivity index (χ3n) is 7.46. The maximum absolute atomic E-state index is 13.3. The van der Waals surface area contributed by atoms with Crippen LogP contribution < -0.4 is 16.0 Å². The molecule has 7 nitrogen and oxygen atoms in total. The number of hydrogen-bond acceptors (Lipinski definition) is 5. The van der Waals surface area contributed by atoms with Gasteiger partial charge in [0.05, 0.1) is 0 Å². The molecule has 0 bridgehead atoms. The lowest BCUT2D eigenvalue weighted by Crippen LogP contribution is -2.54. The fourth-order valence-corrected chi connectivity index (χ4v) is 5.52. The van der Waals surface area contributed by atoms with Crippen LogP contribution in [0.15, 0.2) is 42.5 Å². The van der Waals surface area contributed by atoms with Crippen LogP contribution in [0.2, 0.25) is 0 Å². The molecule has 0 radical (unpaired) electrons. The molecule has 0 saturated carbocycles. The SMILES string of the molecule is CC(=O)c1cc(NC(=O)N[C@@H]2CCNC[C@H]2CN2CCCC(Cc3ccc(F)cc3)C2)cc(C(C)=O)c1. The van der Waals surface area contributed by atoms with Crippen molar-refractivity contribution in [2.45, 2.75) is 45.6 Å². The second-order valence-corrected chi connectivity index (χ2v) is 10.5. The summed E-state index contributed by atoms with van der Waals surface area (Å²) in [5.41, 5.74) is 2.39. The number of piperidine rings is 2. The van der Waals surface area contributed by atoms with Gasteiger partial charge in [0.15, 0.2) is 11.6 Å². The van der Waals surface area contributed by atoms with Gasteiger partial charge in [0.1, 0.15) is 5.82 Å². The van der Waals surface area contributed by atoms with Gasteiger partial charge in [-0.3, -0.25) is 9.59 Å². The number of nitrogens with one attached hydrogen (secondary N) is 3. The highest BCUT2D eigenvalue weighted by molar-refractivity contribution is 6.02. The monoisotopic (exact) mass is 508 g/mol. The molecule has 0 aromatic heterocycles. The van der Waals surface area contributed by atoms with E-state index in [1.807, 2.05) is 12.1 Å². The van der Waals surface area contributed by atoms with Crippen LogP contribution in [0, 0.1) is 17.7 Å². The molecule has 0 aliphatic carbocycles. The number of urea groups is 1. The van der Waals surface area contributed by atoms with Crippen LogP contribution in [0.4, 0.5) is 14.9 Å². The number of hydrogen-bond donors (Lipinski definition) is 3. The van der Waals surface area contributed by atoms with Crippen LogP contribution >= 0.6 is 0 Å². The fourth-order valence-electron chi connectivity index (χ4n) is 5.52. The zero-order valence-electron chi connectivity index (χ0n) is 21.7. The second-order valence-electron chi connectivity index (χ2n) is 10.5. The average Bonchev–Trinajstić information content (AvgIpc) is 2.86. The Morgan fingerprint density at radius 1 is 1.03 bits per heavy atom. The van der Waals surface area contributed by atoms with E-state index in [1.165, 1.54) is 38.0 Å². The standard InChI is InChI=1S/C29H37FN4O3/c1-19(35)23-13-24(20(2)36)15-27(14-23)32-29(37)33-28-9-10-31-16-25(28)18-34-11-3-4-22(17-34)12-21-5-7-26(30)8-6-21/h5-8,13-15,22,25,28,31H,3-4,9-12,16-18H2,1-2H3,(H2,32,33,37)/t22?,25-,28+/m0/s1. The molecule has 0 spiro atoms. The Kier molecular flexibility index (Phi) is 9.05. The molecule has 198 valence electrons. The van der Waals surface area contributed by atoms with Crippen LogP contribution in [-0.4, -0.2) is 61.3 Å². The molecule has 1 unspecified atom stereocenters. The number of carbonyl (C=O) groups is 3. The van der Waals surface area contributed by atoms with Gasteiger partial charge in [-0.15, -0.1) is 0 Å². The number of amides is 2. The van der Waals surface area contributed by atoms with E-state index in [2.05, 4.69) is 20.9 Å². The zero-order chi connectivity index (χ0) is 26.4. The molecule has 3 N–H and O–H groups in total. The number of carbonyl (C=O) groups excluding carboxylic acids is 3. The number of halogens is 1. The molecule has 8 heteroatoms. The lowest BCUT2D eigenvalue weighted by atomic mass is 9.88. The third-order valence-corrected chi connectivity index (χ3v) is 7.46. The molecule has 2 fully saturated rings. The maximum Gasteiger partial charge on any atom is 0.319 e. The van der Waals surface area contributed by atoms with Gasteiger partial charge in [-0.2, -0.15) is 0 Å². The van der Waals surface area contributed by atoms with Crippen LogP contribution in [0.3, 0.4) is 0 Å². The summed E-state index contributed by atoms with van der Waals surface area (Å²) in [6.45, 7) is 7.48. The minimum atomic E-state index is -0.333. The highest BCUT2D eigenvalue weighted by Crippen LogP contribution is 2.24. The molecule has 2 saturated heterocycles. The van der Waals surface area contributed by atoms with Gasteiger partial charge in [-0.1, -0.05) is 12.1 Å². The van der Waals surface area contributed by atoms with E-state index in [0.717, 1.165) is 52.0 Å². The predicted octanol–water partition coefficient (Wildman–Crippen LogP) is 4.29. The highest BCUT2D eigenvalue weighted by Gasteiger charge is 2.30. The average molecular weight is 509 g/mol. The largest absolute Gasteiger partial charge is 0.335 e. The molecule has 37 heavy (non-hydrogen) atoms. The van der Waals surface area contributed by atoms with Crippen molar-refractivity contribution in [3.05, 3.63) is 65.0 Å². The van der Waals surface area contributed by atoms with Crippen LogP contribution in [-0.2, 0) is 6.42 Å². The van der Waals surface area contributed by atoms with Crippen LogP contribution in [0.25, 0.3) is 0 Å². The molecule has 3 atom stereocenters. The van der Waals surface area contributed by atoms with Gasteiger partial charge < -0.3 is 20.9 Å². The first-order valence-electron chi connectivity index (χ1n) is 13.2. The second kappa shape index (κ2) is 12.4. The summed E-state index contributed by atoms with van der Waals surface area (Å²) >= 11 is 0. The zero-order valence-corrected chi connectivity index (χ0v) is 21.7. The number of benzene rings is 2. The summed E-state index contributed by atoms with van der Waals surface area (Å²) in [7, 11) is 0. The Balaban J connectivity index is 1.35. The number of rotatable bonds is 8. The van der Waals surface area contributed by atoms with Crippen LogP contribution in [0.5, 0.6) is 0 Å². The van der Waals surface area contributed by atoms with Crippen molar-refractivity contribution in [2.75, 3.05) is 38.0 Å². The molecule has 2 aliphatic heterocycles. The smallest absolute Gasteiger partial charge is 0.319 e. The van der Waals surface area contributed by atoms with Crippen molar-refractivity contribution in [2.24, 2.45) is 11.8 Å². The number of anilines is 1. The van der Waals surface area contributed by atoms with Gasteiger partial charge in [-0.05, 0) is 94.4 Å². The first-order chi connectivity index (χ1) is 17.8. The topological polar surface area (TPSA) is 90.5 Å². The lowest BCUT2D eigenvalue weighted by Gasteiger charge is -2.39. The number of likely N-dealkylation sites (tertiary alicyclic amines) is 1. The van der Waals surface area contributed by atoms with E-state index in [0.29, 0.717) is 22.7 Å². The number of Topliss-reactive ketones (excluding diaryl/α,β-unsaturated/α-hetero) is 2. The maximum atomic E-state index is 13.3. The van der Waals surface area contributed by atoms with Gasteiger partial charge in [0, 0.05) is 48.4 Å². The lowest BCUT2D eigenvalue weighted by molar-refractivity contribution is 0.101. The Morgan fingerprint density at radius 2 is 1.73 bits per heavy atom. The summed E-state index contributed by atoms with van der Waals surface area (Å²) in [5.74, 6) is 0.274. The van der Waals surface area contributed by atoms with Crippen LogP contribution in [0.1, 0.15) is 59.4 Å². The van der Waals surface area contributed by atoms with Crippen molar-refractivity contribution in [3.63, 3.8) is 0 Å². The van der Waals surface area contributed by atoms with E-state index in [9.17, 15) is 18.8 Å². The minimum absolute atomic E-state index is 0.0157. The molecule has 2 heterocycles. The number of nitrogens with zero attached hydrogens (tertiary/aromatic N) is 1. The Morgan fingerprint density at radius 3 is 2.41 bits per heavy atom. The van der Waals surface area contributed by atoms with Gasteiger partial charge in [0.25, 0.3) is 0 Å². The Bertz CT molecular complexity index is 1090. The first kappa shape index (κ1) is 26.9. The van der Waals surface area contributed by atoms with Crippen molar-refractivity contribution in [1.82, 2.24) is 15.5 Å². The van der Waals surface area contributed by atoms with Crippen molar-refractivity contribution in [3.8, 4) is 0 Å². The molecular formula is C29H37FN4O3. The normalized spacial score (nSPS) is 22.3. The predicted molar refractivity (Wildman–Crippen MR) is 143 cm³/mol. The third kappa shape index (κ3) is 7.69. The summed E-state index contributed by atoms with van der Waals surface area (Å²) < 4.78 is 13.3. The van der Waals surface area contributed by atoms with E-state index >= 15 is 0 Å². The highest BCUT2D eigenvalue weighted by atomic mass is 19.1. The van der Waals surface area contributed by atoms with Gasteiger partial charge >= 0.3 is 6.03 Å². The molecule has 4 rings (SSSR count). The van der Waals surface area contributed by atoms with Crippen molar-refractivity contribution >= 4 is 23.3 Å².